The highest BCUT2D eigenvalue weighted by Gasteiger charge is 2.22. The minimum Gasteiger partial charge on any atom is -0.448 e. The Labute approximate surface area is 109 Å². The van der Waals surface area contributed by atoms with Crippen molar-refractivity contribution >= 4 is 11.6 Å². The van der Waals surface area contributed by atoms with Crippen LogP contribution in [0, 0.1) is 5.92 Å². The second-order valence-corrected chi connectivity index (χ2v) is 5.47. The minimum absolute atomic E-state index is 0.711. The Kier molecular flexibility index (Phi) is 4.30. The fourth-order valence-corrected chi connectivity index (χ4v) is 1.96. The summed E-state index contributed by atoms with van der Waals surface area (Å²) < 4.78 is 4.94. The van der Waals surface area contributed by atoms with Crippen LogP contribution in [0.2, 0.25) is 5.02 Å². The van der Waals surface area contributed by atoms with E-state index in [1.165, 1.54) is 32.2 Å². The zero-order chi connectivity index (χ0) is 12.3. The predicted molar refractivity (Wildman–Crippen MR) is 72.0 cm³/mol. The second kappa shape index (κ2) is 5.74. The molecule has 94 valence electrons. The first-order valence-corrected chi connectivity index (χ1v) is 6.65. The van der Waals surface area contributed by atoms with E-state index in [9.17, 15) is 0 Å². The van der Waals surface area contributed by atoms with Crippen molar-refractivity contribution in [2.24, 2.45) is 5.92 Å². The van der Waals surface area contributed by atoms with Gasteiger partial charge < -0.3 is 9.64 Å². The Bertz CT molecular complexity index is 372. The lowest BCUT2D eigenvalue weighted by Crippen LogP contribution is -2.12. The summed E-state index contributed by atoms with van der Waals surface area (Å²) in [6.07, 6.45) is 5.89. The molecule has 1 heterocycles. The predicted octanol–water partition coefficient (Wildman–Crippen LogP) is 4.18. The maximum absolute atomic E-state index is 5.64. The SMILES string of the molecule is CN(C)CCCC1CC1.Clc1cccc2c1O2. The van der Waals surface area contributed by atoms with E-state index in [0.29, 0.717) is 5.02 Å². The van der Waals surface area contributed by atoms with E-state index >= 15 is 0 Å². The Balaban J connectivity index is 0.000000127. The topological polar surface area (TPSA) is 15.8 Å². The van der Waals surface area contributed by atoms with Crippen LogP contribution in [0.3, 0.4) is 0 Å². The number of benzene rings is 1. The van der Waals surface area contributed by atoms with Crippen molar-refractivity contribution in [3.8, 4) is 11.5 Å². The molecule has 1 aromatic carbocycles. The van der Waals surface area contributed by atoms with Crippen LogP contribution in [-0.4, -0.2) is 25.5 Å². The third kappa shape index (κ3) is 4.57. The fraction of sp³-hybridized carbons (Fsp3) is 0.571. The van der Waals surface area contributed by atoms with Gasteiger partial charge in [0.05, 0.1) is 5.02 Å². The number of halogens is 1. The summed E-state index contributed by atoms with van der Waals surface area (Å²) in [7, 11) is 4.29. The zero-order valence-corrected chi connectivity index (χ0v) is 11.3. The number of ether oxygens (including phenoxy) is 1. The first-order valence-electron chi connectivity index (χ1n) is 6.28. The molecule has 1 saturated carbocycles. The van der Waals surface area contributed by atoms with Gasteiger partial charge in [-0.05, 0) is 51.5 Å². The molecule has 3 rings (SSSR count). The Morgan fingerprint density at radius 1 is 1.35 bits per heavy atom. The molecule has 0 unspecified atom stereocenters. The van der Waals surface area contributed by atoms with Crippen molar-refractivity contribution in [1.29, 1.82) is 0 Å². The van der Waals surface area contributed by atoms with Gasteiger partial charge in [0.15, 0.2) is 11.5 Å². The van der Waals surface area contributed by atoms with Gasteiger partial charge in [0.25, 0.3) is 0 Å². The van der Waals surface area contributed by atoms with Gasteiger partial charge in [-0.25, -0.2) is 0 Å². The summed E-state index contributed by atoms with van der Waals surface area (Å²) in [6.45, 7) is 1.27. The van der Waals surface area contributed by atoms with Crippen molar-refractivity contribution in [3.63, 3.8) is 0 Å². The van der Waals surface area contributed by atoms with Crippen molar-refractivity contribution in [3.05, 3.63) is 23.2 Å². The zero-order valence-electron chi connectivity index (χ0n) is 10.6. The number of hydrogen-bond donors (Lipinski definition) is 0. The molecule has 0 amide bonds. The van der Waals surface area contributed by atoms with Crippen LogP contribution >= 0.6 is 11.6 Å². The van der Waals surface area contributed by atoms with Crippen LogP contribution in [0.5, 0.6) is 11.5 Å². The van der Waals surface area contributed by atoms with Gasteiger partial charge in [0, 0.05) is 0 Å². The Hall–Kier alpha value is -0.730. The van der Waals surface area contributed by atoms with Gasteiger partial charge in [-0.1, -0.05) is 30.5 Å². The van der Waals surface area contributed by atoms with E-state index in [4.69, 9.17) is 16.3 Å². The van der Waals surface area contributed by atoms with Crippen LogP contribution in [0.1, 0.15) is 25.7 Å². The second-order valence-electron chi connectivity index (χ2n) is 5.06. The number of hydrogen-bond acceptors (Lipinski definition) is 2. The average Bonchev–Trinajstić information content (AvgIpc) is 3.13. The Morgan fingerprint density at radius 2 is 2.12 bits per heavy atom. The molecule has 3 heteroatoms. The molecule has 2 aliphatic rings. The molecule has 17 heavy (non-hydrogen) atoms. The first kappa shape index (κ1) is 12.7. The van der Waals surface area contributed by atoms with Crippen molar-refractivity contribution < 1.29 is 4.74 Å². The van der Waals surface area contributed by atoms with Crippen LogP contribution < -0.4 is 4.74 Å². The van der Waals surface area contributed by atoms with E-state index in [-0.39, 0.29) is 0 Å². The van der Waals surface area contributed by atoms with Crippen molar-refractivity contribution in [2.45, 2.75) is 25.7 Å². The molecule has 2 nitrogen and oxygen atoms in total. The average molecular weight is 254 g/mol. The molecule has 0 spiro atoms. The summed E-state index contributed by atoms with van der Waals surface area (Å²) in [5.41, 5.74) is 0. The summed E-state index contributed by atoms with van der Waals surface area (Å²) in [5, 5.41) is 0.711. The third-order valence-electron chi connectivity index (χ3n) is 3.02. The fourth-order valence-electron chi connectivity index (χ4n) is 1.76. The molecule has 0 N–H and O–H groups in total. The molecular weight excluding hydrogens is 234 g/mol. The summed E-state index contributed by atoms with van der Waals surface area (Å²) in [5.74, 6) is 2.87. The Morgan fingerprint density at radius 3 is 2.65 bits per heavy atom. The third-order valence-corrected chi connectivity index (χ3v) is 3.31. The van der Waals surface area contributed by atoms with E-state index in [2.05, 4.69) is 19.0 Å². The van der Waals surface area contributed by atoms with Gasteiger partial charge in [-0.15, -0.1) is 0 Å². The van der Waals surface area contributed by atoms with E-state index < -0.39 is 0 Å². The van der Waals surface area contributed by atoms with E-state index in [1.807, 2.05) is 18.2 Å². The van der Waals surface area contributed by atoms with Gasteiger partial charge in [-0.3, -0.25) is 0 Å². The highest BCUT2D eigenvalue weighted by molar-refractivity contribution is 6.32. The molecule has 0 atom stereocenters. The molecule has 0 aromatic heterocycles. The molecule has 0 saturated heterocycles. The lowest BCUT2D eigenvalue weighted by Gasteiger charge is -2.07. The quantitative estimate of drug-likeness (QED) is 0.760. The van der Waals surface area contributed by atoms with E-state index in [0.717, 1.165) is 17.4 Å². The van der Waals surface area contributed by atoms with Crippen LogP contribution in [-0.2, 0) is 0 Å². The van der Waals surface area contributed by atoms with E-state index in [1.54, 1.807) is 0 Å². The lowest BCUT2D eigenvalue weighted by molar-refractivity contribution is 0.389. The summed E-state index contributed by atoms with van der Waals surface area (Å²) >= 11 is 5.64. The standard InChI is InChI=1S/C8H17N.C6H3ClO/c1-9(2)7-3-4-8-5-6-8;7-4-2-1-3-5-6(4)8-5/h8H,3-7H2,1-2H3;1-3H. The normalized spacial score (nSPS) is 15.8. The highest BCUT2D eigenvalue weighted by Crippen LogP contribution is 2.49. The molecule has 1 aromatic rings. The smallest absolute Gasteiger partial charge is 0.188 e. The lowest BCUT2D eigenvalue weighted by atomic mass is 10.2. The first-order chi connectivity index (χ1) is 8.16. The van der Waals surface area contributed by atoms with Gasteiger partial charge in [0.2, 0.25) is 0 Å². The molecular formula is C14H20ClNO. The maximum atomic E-state index is 5.64. The highest BCUT2D eigenvalue weighted by atomic mass is 35.5. The van der Waals surface area contributed by atoms with Crippen LogP contribution in [0.25, 0.3) is 0 Å². The largest absolute Gasteiger partial charge is 0.448 e. The maximum Gasteiger partial charge on any atom is 0.188 e. The molecule has 1 aliphatic carbocycles. The number of fused-ring (bicyclic) bond motifs is 1. The number of rotatable bonds is 4. The molecule has 1 aliphatic heterocycles. The number of para-hydroxylation sites is 1. The molecule has 0 radical (unpaired) electrons. The van der Waals surface area contributed by atoms with Gasteiger partial charge in [0.1, 0.15) is 0 Å². The summed E-state index contributed by atoms with van der Waals surface area (Å²) in [4.78, 5) is 2.27. The van der Waals surface area contributed by atoms with Crippen LogP contribution in [0.15, 0.2) is 18.2 Å². The van der Waals surface area contributed by atoms with Crippen molar-refractivity contribution in [1.82, 2.24) is 4.90 Å². The van der Waals surface area contributed by atoms with Crippen LogP contribution in [0.4, 0.5) is 0 Å². The number of nitrogens with zero attached hydrogens (tertiary/aromatic N) is 1. The summed E-state index contributed by atoms with van der Waals surface area (Å²) in [6, 6.07) is 5.57. The minimum atomic E-state index is 0.711. The molecule has 1 fully saturated rings. The van der Waals surface area contributed by atoms with Gasteiger partial charge in [-0.2, -0.15) is 0 Å². The van der Waals surface area contributed by atoms with Gasteiger partial charge >= 0.3 is 0 Å². The van der Waals surface area contributed by atoms with Crippen molar-refractivity contribution in [2.75, 3.05) is 20.6 Å². The molecule has 0 bridgehead atoms. The monoisotopic (exact) mass is 253 g/mol.